The fraction of sp³-hybridized carbons (Fsp3) is 0.737. The summed E-state index contributed by atoms with van der Waals surface area (Å²) in [5, 5.41) is 0. The third kappa shape index (κ3) is 3.79. The number of fused-ring (bicyclic) bond motifs is 2. The van der Waals surface area contributed by atoms with E-state index in [1.807, 2.05) is 27.7 Å². The van der Waals surface area contributed by atoms with Crippen LogP contribution in [-0.4, -0.2) is 36.8 Å². The highest BCUT2D eigenvalue weighted by molar-refractivity contribution is 5.75. The van der Waals surface area contributed by atoms with Crippen LogP contribution in [-0.2, 0) is 9.53 Å². The maximum absolute atomic E-state index is 13.6. The van der Waals surface area contributed by atoms with Crippen molar-refractivity contribution >= 4 is 5.97 Å². The van der Waals surface area contributed by atoms with Crippen LogP contribution in [0.15, 0.2) is 22.3 Å². The van der Waals surface area contributed by atoms with Crippen molar-refractivity contribution in [1.29, 1.82) is 0 Å². The molecule has 2 aliphatic carbocycles. The highest BCUT2D eigenvalue weighted by Crippen LogP contribution is 2.57. The van der Waals surface area contributed by atoms with Gasteiger partial charge in [0.1, 0.15) is 0 Å². The van der Waals surface area contributed by atoms with E-state index < -0.39 is 42.7 Å². The van der Waals surface area contributed by atoms with Gasteiger partial charge in [-0.05, 0) is 63.5 Å². The lowest BCUT2D eigenvalue weighted by atomic mass is 9.78. The highest BCUT2D eigenvalue weighted by atomic mass is 19.4. The summed E-state index contributed by atoms with van der Waals surface area (Å²) >= 11 is 0. The molecule has 0 aliphatic heterocycles. The van der Waals surface area contributed by atoms with E-state index in [0.717, 1.165) is 22.3 Å². The van der Waals surface area contributed by atoms with Gasteiger partial charge in [-0.15, -0.1) is 0 Å². The summed E-state index contributed by atoms with van der Waals surface area (Å²) in [5.74, 6) is -20.8. The maximum atomic E-state index is 13.6. The summed E-state index contributed by atoms with van der Waals surface area (Å²) in [6.07, 6.45) is -4.18. The van der Waals surface area contributed by atoms with Gasteiger partial charge in [-0.1, -0.05) is 11.1 Å². The Labute approximate surface area is 163 Å². The third-order valence-electron chi connectivity index (χ3n) is 5.56. The van der Waals surface area contributed by atoms with Crippen molar-refractivity contribution in [2.45, 2.75) is 64.7 Å². The molecule has 3 atom stereocenters. The van der Waals surface area contributed by atoms with Gasteiger partial charge in [0, 0.05) is 0 Å². The first kappa shape index (κ1) is 23.7. The SMILES string of the molecule is CC(C)=C1C(=C(C)C)C2CC1CC2C(=O)OCC(F)(F)C(F)(F)C(F)(F)C(F)F. The van der Waals surface area contributed by atoms with Gasteiger partial charge in [0.05, 0.1) is 5.92 Å². The monoisotopic (exact) mass is 434 g/mol. The Hall–Kier alpha value is -1.61. The molecule has 2 saturated carbocycles. The average molecular weight is 434 g/mol. The molecule has 3 unspecified atom stereocenters. The summed E-state index contributed by atoms with van der Waals surface area (Å²) in [6.45, 7) is 5.04. The van der Waals surface area contributed by atoms with E-state index in [9.17, 15) is 39.9 Å². The van der Waals surface area contributed by atoms with Crippen molar-refractivity contribution in [1.82, 2.24) is 0 Å². The lowest BCUT2D eigenvalue weighted by Crippen LogP contribution is -2.59. The Balaban J connectivity index is 2.15. The van der Waals surface area contributed by atoms with Gasteiger partial charge < -0.3 is 4.74 Å². The van der Waals surface area contributed by atoms with Crippen molar-refractivity contribution in [2.24, 2.45) is 17.8 Å². The van der Waals surface area contributed by atoms with E-state index in [1.54, 1.807) is 0 Å². The van der Waals surface area contributed by atoms with Crippen LogP contribution in [0.5, 0.6) is 0 Å². The first-order valence-corrected chi connectivity index (χ1v) is 8.99. The predicted molar refractivity (Wildman–Crippen MR) is 88.3 cm³/mol. The molecule has 0 heterocycles. The molecule has 0 N–H and O–H groups in total. The minimum atomic E-state index is -6.39. The van der Waals surface area contributed by atoms with Crippen LogP contribution in [0, 0.1) is 17.8 Å². The number of halogens is 8. The number of carbonyl (C=O) groups excluding carboxylic acids is 1. The average Bonchev–Trinajstić information content (AvgIpc) is 3.17. The van der Waals surface area contributed by atoms with Gasteiger partial charge in [-0.25, -0.2) is 8.78 Å². The Kier molecular flexibility index (Phi) is 6.18. The van der Waals surface area contributed by atoms with Crippen molar-refractivity contribution in [3.8, 4) is 0 Å². The summed E-state index contributed by atoms with van der Waals surface area (Å²) in [7, 11) is 0. The van der Waals surface area contributed by atoms with Crippen LogP contribution in [0.2, 0.25) is 0 Å². The third-order valence-corrected chi connectivity index (χ3v) is 5.56. The van der Waals surface area contributed by atoms with Gasteiger partial charge in [0.15, 0.2) is 6.61 Å². The Morgan fingerprint density at radius 3 is 1.93 bits per heavy atom. The summed E-state index contributed by atoms with van der Waals surface area (Å²) in [5.41, 5.74) is 3.93. The second kappa shape index (κ2) is 7.58. The predicted octanol–water partition coefficient (Wildman–Crippen LogP) is 6.03. The fourth-order valence-electron chi connectivity index (χ4n) is 4.33. The van der Waals surface area contributed by atoms with Crippen molar-refractivity contribution in [3.05, 3.63) is 22.3 Å². The Morgan fingerprint density at radius 2 is 1.48 bits per heavy atom. The number of carbonyl (C=O) groups is 1. The Morgan fingerprint density at radius 1 is 0.966 bits per heavy atom. The zero-order valence-electron chi connectivity index (χ0n) is 16.3. The number of allylic oxidation sites excluding steroid dienone is 4. The minimum absolute atomic E-state index is 0.0161. The number of rotatable bonds is 6. The van der Waals surface area contributed by atoms with E-state index in [2.05, 4.69) is 4.74 Å². The highest BCUT2D eigenvalue weighted by Gasteiger charge is 2.75. The molecule has 0 radical (unpaired) electrons. The molecule has 0 aromatic carbocycles. The van der Waals surface area contributed by atoms with Crippen molar-refractivity contribution in [2.75, 3.05) is 6.61 Å². The molecule has 2 aliphatic rings. The number of esters is 1. The lowest BCUT2D eigenvalue weighted by molar-refractivity contribution is -0.344. The van der Waals surface area contributed by atoms with Crippen LogP contribution in [0.4, 0.5) is 35.1 Å². The molecule has 0 spiro atoms. The smallest absolute Gasteiger partial charge is 0.381 e. The van der Waals surface area contributed by atoms with Crippen LogP contribution in [0.25, 0.3) is 0 Å². The van der Waals surface area contributed by atoms with Crippen LogP contribution in [0.1, 0.15) is 40.5 Å². The largest absolute Gasteiger partial charge is 0.459 e. The quantitative estimate of drug-likeness (QED) is 0.377. The number of hydrogen-bond donors (Lipinski definition) is 0. The Bertz CT molecular complexity index is 730. The van der Waals surface area contributed by atoms with Gasteiger partial charge in [-0.2, -0.15) is 26.3 Å². The second-order valence-corrected chi connectivity index (χ2v) is 8.02. The zero-order valence-corrected chi connectivity index (χ0v) is 16.3. The zero-order chi connectivity index (χ0) is 22.5. The van der Waals surface area contributed by atoms with E-state index >= 15 is 0 Å². The molecule has 10 heteroatoms. The van der Waals surface area contributed by atoms with Gasteiger partial charge >= 0.3 is 30.2 Å². The van der Waals surface area contributed by atoms with Gasteiger partial charge in [0.2, 0.25) is 0 Å². The first-order valence-electron chi connectivity index (χ1n) is 8.99. The molecular formula is C19H22F8O2. The van der Waals surface area contributed by atoms with Crippen molar-refractivity contribution in [3.63, 3.8) is 0 Å². The van der Waals surface area contributed by atoms with Crippen LogP contribution >= 0.6 is 0 Å². The fourth-order valence-corrected chi connectivity index (χ4v) is 4.33. The summed E-state index contributed by atoms with van der Waals surface area (Å²) in [4.78, 5) is 12.3. The molecule has 2 fully saturated rings. The molecule has 0 aromatic heterocycles. The second-order valence-electron chi connectivity index (χ2n) is 8.02. The summed E-state index contributed by atoms with van der Waals surface area (Å²) in [6, 6.07) is 0. The maximum Gasteiger partial charge on any atom is 0.381 e. The van der Waals surface area contributed by atoms with E-state index in [4.69, 9.17) is 0 Å². The van der Waals surface area contributed by atoms with E-state index in [1.165, 1.54) is 0 Å². The lowest BCUT2D eigenvalue weighted by Gasteiger charge is -2.32. The van der Waals surface area contributed by atoms with Crippen LogP contribution < -0.4 is 0 Å². The molecule has 2 bridgehead atoms. The van der Waals surface area contributed by atoms with Gasteiger partial charge in [-0.3, -0.25) is 4.79 Å². The minimum Gasteiger partial charge on any atom is -0.459 e. The molecule has 29 heavy (non-hydrogen) atoms. The van der Waals surface area contributed by atoms with Gasteiger partial charge in [0.25, 0.3) is 0 Å². The molecule has 2 nitrogen and oxygen atoms in total. The van der Waals surface area contributed by atoms with E-state index in [0.29, 0.717) is 6.42 Å². The normalized spacial score (nSPS) is 25.1. The van der Waals surface area contributed by atoms with Crippen molar-refractivity contribution < 1.29 is 44.7 Å². The first-order chi connectivity index (χ1) is 13.1. The summed E-state index contributed by atoms with van der Waals surface area (Å²) < 4.78 is 108. The van der Waals surface area contributed by atoms with Crippen LogP contribution in [0.3, 0.4) is 0 Å². The molecule has 2 rings (SSSR count). The molecule has 166 valence electrons. The molecular weight excluding hydrogens is 412 g/mol. The number of ether oxygens (including phenoxy) is 1. The molecule has 0 aromatic rings. The van der Waals surface area contributed by atoms with E-state index in [-0.39, 0.29) is 18.3 Å². The number of alkyl halides is 8. The topological polar surface area (TPSA) is 26.3 Å². The standard InChI is InChI=1S/C19H22F8O2/c1-8(2)13-10-5-11(14(13)9(3)4)12(6-10)15(28)29-7-17(22,23)19(26,27)18(24,25)16(20)21/h10-12,16H,5-7H2,1-4H3. The molecule has 0 amide bonds. The molecule has 0 saturated heterocycles. The number of hydrogen-bond acceptors (Lipinski definition) is 2.